The molecule has 0 saturated carbocycles. The third-order valence-corrected chi connectivity index (χ3v) is 2.71. The maximum absolute atomic E-state index is 4.32. The summed E-state index contributed by atoms with van der Waals surface area (Å²) in [4.78, 5) is 2.16. The minimum Gasteiger partial charge on any atom is -0.308 e. The zero-order valence-electron chi connectivity index (χ0n) is 8.42. The van der Waals surface area contributed by atoms with Crippen LogP contribution < -0.4 is 0 Å². The van der Waals surface area contributed by atoms with Gasteiger partial charge in [-0.2, -0.15) is 5.10 Å². The van der Waals surface area contributed by atoms with Crippen LogP contribution in [0.15, 0.2) is 6.20 Å². The summed E-state index contributed by atoms with van der Waals surface area (Å²) >= 11 is 3.44. The first kappa shape index (κ1) is 10.7. The fourth-order valence-corrected chi connectivity index (χ4v) is 1.69. The van der Waals surface area contributed by atoms with Gasteiger partial charge in [-0.15, -0.1) is 0 Å². The zero-order chi connectivity index (χ0) is 9.84. The van der Waals surface area contributed by atoms with E-state index in [-0.39, 0.29) is 0 Å². The average molecular weight is 246 g/mol. The maximum atomic E-state index is 4.32. The molecular weight excluding hydrogens is 230 g/mol. The van der Waals surface area contributed by atoms with Crippen LogP contribution in [0.2, 0.25) is 0 Å². The average Bonchev–Trinajstić information content (AvgIpc) is 2.43. The molecule has 1 rings (SSSR count). The molecule has 0 fully saturated rings. The van der Waals surface area contributed by atoms with Crippen LogP contribution in [0.25, 0.3) is 0 Å². The standard InChI is InChI=1S/C9H16BrN3/c1-8-9(6-10)7-11-13(8)5-4-12(2)3/h7H,4-6H2,1-3H3. The van der Waals surface area contributed by atoms with Gasteiger partial charge in [-0.1, -0.05) is 15.9 Å². The van der Waals surface area contributed by atoms with Gasteiger partial charge in [0.25, 0.3) is 0 Å². The van der Waals surface area contributed by atoms with Crippen molar-refractivity contribution in [3.8, 4) is 0 Å². The highest BCUT2D eigenvalue weighted by atomic mass is 79.9. The summed E-state index contributed by atoms with van der Waals surface area (Å²) in [7, 11) is 4.15. The Morgan fingerprint density at radius 2 is 2.23 bits per heavy atom. The quantitative estimate of drug-likeness (QED) is 0.753. The molecule has 0 radical (unpaired) electrons. The number of alkyl halides is 1. The van der Waals surface area contributed by atoms with Gasteiger partial charge in [-0.3, -0.25) is 4.68 Å². The van der Waals surface area contributed by atoms with E-state index in [1.807, 2.05) is 6.20 Å². The largest absolute Gasteiger partial charge is 0.308 e. The molecule has 74 valence electrons. The second-order valence-electron chi connectivity index (χ2n) is 3.42. The maximum Gasteiger partial charge on any atom is 0.0539 e. The molecule has 1 aromatic heterocycles. The molecule has 1 heterocycles. The summed E-state index contributed by atoms with van der Waals surface area (Å²) in [5.74, 6) is 0. The summed E-state index contributed by atoms with van der Waals surface area (Å²) in [5, 5.41) is 5.21. The van der Waals surface area contributed by atoms with Crippen LogP contribution >= 0.6 is 15.9 Å². The van der Waals surface area contributed by atoms with Crippen molar-refractivity contribution in [1.82, 2.24) is 14.7 Å². The Morgan fingerprint density at radius 1 is 1.54 bits per heavy atom. The Labute approximate surface area is 87.9 Å². The lowest BCUT2D eigenvalue weighted by Gasteiger charge is -2.10. The lowest BCUT2D eigenvalue weighted by atomic mass is 10.3. The van der Waals surface area contributed by atoms with Crippen LogP contribution in [-0.2, 0) is 11.9 Å². The van der Waals surface area contributed by atoms with E-state index in [0.29, 0.717) is 0 Å². The van der Waals surface area contributed by atoms with E-state index in [4.69, 9.17) is 0 Å². The van der Waals surface area contributed by atoms with Crippen molar-refractivity contribution in [2.24, 2.45) is 0 Å². The first-order valence-corrected chi connectivity index (χ1v) is 5.49. The molecule has 0 spiro atoms. The first-order valence-electron chi connectivity index (χ1n) is 4.37. The van der Waals surface area contributed by atoms with Crippen molar-refractivity contribution in [3.63, 3.8) is 0 Å². The molecule has 0 unspecified atom stereocenters. The van der Waals surface area contributed by atoms with E-state index in [0.717, 1.165) is 18.4 Å². The van der Waals surface area contributed by atoms with Gasteiger partial charge in [0.1, 0.15) is 0 Å². The van der Waals surface area contributed by atoms with Crippen LogP contribution in [0.3, 0.4) is 0 Å². The van der Waals surface area contributed by atoms with Crippen LogP contribution in [0.5, 0.6) is 0 Å². The molecular formula is C9H16BrN3. The number of aromatic nitrogens is 2. The molecule has 0 aliphatic rings. The number of likely N-dealkylation sites (N-methyl/N-ethyl adjacent to an activating group) is 1. The number of hydrogen-bond acceptors (Lipinski definition) is 2. The Hall–Kier alpha value is -0.350. The highest BCUT2D eigenvalue weighted by Crippen LogP contribution is 2.10. The summed E-state index contributed by atoms with van der Waals surface area (Å²) in [6.07, 6.45) is 1.93. The monoisotopic (exact) mass is 245 g/mol. The van der Waals surface area contributed by atoms with Crippen LogP contribution in [0.1, 0.15) is 11.3 Å². The lowest BCUT2D eigenvalue weighted by molar-refractivity contribution is 0.371. The minimum absolute atomic E-state index is 0.890. The summed E-state index contributed by atoms with van der Waals surface area (Å²) in [6.45, 7) is 4.11. The fourth-order valence-electron chi connectivity index (χ4n) is 1.14. The molecule has 0 saturated heterocycles. The second-order valence-corrected chi connectivity index (χ2v) is 3.98. The number of rotatable bonds is 4. The first-order chi connectivity index (χ1) is 6.15. The zero-order valence-corrected chi connectivity index (χ0v) is 10.0. The molecule has 1 aromatic rings. The Balaban J connectivity index is 2.62. The van der Waals surface area contributed by atoms with E-state index >= 15 is 0 Å². The minimum atomic E-state index is 0.890. The predicted octanol–water partition coefficient (Wildman–Crippen LogP) is 1.65. The van der Waals surface area contributed by atoms with E-state index in [1.54, 1.807) is 0 Å². The van der Waals surface area contributed by atoms with Crippen molar-refractivity contribution in [1.29, 1.82) is 0 Å². The molecule has 3 nitrogen and oxygen atoms in total. The van der Waals surface area contributed by atoms with Gasteiger partial charge >= 0.3 is 0 Å². The van der Waals surface area contributed by atoms with Gasteiger partial charge in [0.2, 0.25) is 0 Å². The van der Waals surface area contributed by atoms with E-state index in [9.17, 15) is 0 Å². The summed E-state index contributed by atoms with van der Waals surface area (Å²) in [6, 6.07) is 0. The molecule has 0 aliphatic heterocycles. The van der Waals surface area contributed by atoms with Crippen LogP contribution in [0, 0.1) is 6.92 Å². The fraction of sp³-hybridized carbons (Fsp3) is 0.667. The molecule has 13 heavy (non-hydrogen) atoms. The Kier molecular flexibility index (Phi) is 3.93. The van der Waals surface area contributed by atoms with Crippen molar-refractivity contribution in [2.45, 2.75) is 18.8 Å². The molecule has 0 aromatic carbocycles. The summed E-state index contributed by atoms with van der Waals surface area (Å²) < 4.78 is 2.05. The number of hydrogen-bond donors (Lipinski definition) is 0. The van der Waals surface area contributed by atoms with Crippen molar-refractivity contribution in [2.75, 3.05) is 20.6 Å². The highest BCUT2D eigenvalue weighted by molar-refractivity contribution is 9.08. The molecule has 0 atom stereocenters. The van der Waals surface area contributed by atoms with E-state index in [2.05, 4.69) is 51.6 Å². The SMILES string of the molecule is Cc1c(CBr)cnn1CCN(C)C. The molecule has 0 N–H and O–H groups in total. The van der Waals surface area contributed by atoms with Crippen molar-refractivity contribution >= 4 is 15.9 Å². The van der Waals surface area contributed by atoms with Gasteiger partial charge in [0.05, 0.1) is 12.7 Å². The van der Waals surface area contributed by atoms with Gasteiger partial charge < -0.3 is 4.90 Å². The van der Waals surface area contributed by atoms with Crippen LogP contribution in [0.4, 0.5) is 0 Å². The van der Waals surface area contributed by atoms with Gasteiger partial charge in [0, 0.05) is 23.1 Å². The third kappa shape index (κ3) is 2.81. The van der Waals surface area contributed by atoms with Gasteiger partial charge in [-0.05, 0) is 21.0 Å². The molecule has 0 amide bonds. The molecule has 0 bridgehead atoms. The third-order valence-electron chi connectivity index (χ3n) is 2.11. The highest BCUT2D eigenvalue weighted by Gasteiger charge is 2.04. The predicted molar refractivity (Wildman–Crippen MR) is 58.1 cm³/mol. The van der Waals surface area contributed by atoms with Crippen LogP contribution in [-0.4, -0.2) is 35.3 Å². The number of halogens is 1. The second kappa shape index (κ2) is 4.77. The van der Waals surface area contributed by atoms with E-state index < -0.39 is 0 Å². The molecule has 4 heteroatoms. The normalized spacial score (nSPS) is 11.2. The van der Waals surface area contributed by atoms with Crippen molar-refractivity contribution in [3.05, 3.63) is 17.5 Å². The number of nitrogens with zero attached hydrogens (tertiary/aromatic N) is 3. The van der Waals surface area contributed by atoms with E-state index in [1.165, 1.54) is 11.3 Å². The topological polar surface area (TPSA) is 21.1 Å². The van der Waals surface area contributed by atoms with Gasteiger partial charge in [-0.25, -0.2) is 0 Å². The molecule has 0 aliphatic carbocycles. The lowest BCUT2D eigenvalue weighted by Crippen LogP contribution is -2.19. The summed E-state index contributed by atoms with van der Waals surface area (Å²) in [5.41, 5.74) is 2.54. The Morgan fingerprint density at radius 3 is 2.69 bits per heavy atom. The van der Waals surface area contributed by atoms with Crippen molar-refractivity contribution < 1.29 is 0 Å². The smallest absolute Gasteiger partial charge is 0.0539 e. The van der Waals surface area contributed by atoms with Gasteiger partial charge in [0.15, 0.2) is 0 Å². The Bertz CT molecular complexity index is 268.